The van der Waals surface area contributed by atoms with Crippen LogP contribution < -0.4 is 10.2 Å². The number of halogens is 1. The van der Waals surface area contributed by atoms with Gasteiger partial charge >= 0.3 is 0 Å². The van der Waals surface area contributed by atoms with Crippen LogP contribution in [0, 0.1) is 0 Å². The summed E-state index contributed by atoms with van der Waals surface area (Å²) in [4.78, 5) is 1.89. The van der Waals surface area contributed by atoms with Crippen LogP contribution in [0.3, 0.4) is 0 Å². The predicted molar refractivity (Wildman–Crippen MR) is 81.9 cm³/mol. The first-order valence-electron chi connectivity index (χ1n) is 6.10. The fourth-order valence-electron chi connectivity index (χ4n) is 1.69. The largest absolute Gasteiger partial charge is 0.374 e. The van der Waals surface area contributed by atoms with Crippen LogP contribution in [0.25, 0.3) is 0 Å². The number of benzene rings is 1. The number of hydrogen-bond acceptors (Lipinski definition) is 4. The van der Waals surface area contributed by atoms with Gasteiger partial charge in [-0.15, -0.1) is 0 Å². The molecule has 0 heterocycles. The molecule has 108 valence electrons. The lowest BCUT2D eigenvalue weighted by atomic mass is 10.1. The molecule has 0 fully saturated rings. The highest BCUT2D eigenvalue weighted by molar-refractivity contribution is 7.90. The summed E-state index contributed by atoms with van der Waals surface area (Å²) in [5, 5.41) is 3.82. The normalized spacial score (nSPS) is 13.3. The molecule has 1 unspecified atom stereocenters. The first-order valence-corrected chi connectivity index (χ1v) is 8.54. The van der Waals surface area contributed by atoms with Crippen molar-refractivity contribution >= 4 is 27.1 Å². The molecule has 0 spiro atoms. The lowest BCUT2D eigenvalue weighted by molar-refractivity contribution is 0.601. The van der Waals surface area contributed by atoms with Crippen LogP contribution in [-0.2, 0) is 9.84 Å². The maximum atomic E-state index is 11.2. The molecule has 1 rings (SSSR count). The van der Waals surface area contributed by atoms with E-state index in [1.165, 1.54) is 6.26 Å². The van der Waals surface area contributed by atoms with Gasteiger partial charge in [0.25, 0.3) is 0 Å². The van der Waals surface area contributed by atoms with Gasteiger partial charge in [-0.05, 0) is 31.7 Å². The Morgan fingerprint density at radius 3 is 2.53 bits per heavy atom. The van der Waals surface area contributed by atoms with Crippen molar-refractivity contribution in [2.24, 2.45) is 0 Å². The molecule has 1 aromatic carbocycles. The zero-order valence-corrected chi connectivity index (χ0v) is 13.3. The second-order valence-corrected chi connectivity index (χ2v) is 7.43. The van der Waals surface area contributed by atoms with Crippen LogP contribution in [0.5, 0.6) is 0 Å². The Morgan fingerprint density at radius 2 is 2.05 bits per heavy atom. The van der Waals surface area contributed by atoms with Gasteiger partial charge in [-0.3, -0.25) is 0 Å². The fraction of sp³-hybridized carbons (Fsp3) is 0.538. The third-order valence-corrected chi connectivity index (χ3v) is 4.37. The van der Waals surface area contributed by atoms with Crippen molar-refractivity contribution in [3.05, 3.63) is 28.8 Å². The Labute approximate surface area is 120 Å². The fourth-order valence-corrected chi connectivity index (χ4v) is 2.64. The molecule has 0 aliphatic carbocycles. The quantitative estimate of drug-likeness (QED) is 0.874. The average Bonchev–Trinajstić information content (AvgIpc) is 2.34. The van der Waals surface area contributed by atoms with E-state index in [4.69, 9.17) is 11.6 Å². The van der Waals surface area contributed by atoms with Crippen molar-refractivity contribution in [2.45, 2.75) is 13.0 Å². The molecule has 0 saturated carbocycles. The van der Waals surface area contributed by atoms with Gasteiger partial charge in [0.1, 0.15) is 9.84 Å². The third kappa shape index (κ3) is 5.01. The van der Waals surface area contributed by atoms with Crippen molar-refractivity contribution in [1.29, 1.82) is 0 Å². The van der Waals surface area contributed by atoms with Crippen molar-refractivity contribution in [3.63, 3.8) is 0 Å². The lowest BCUT2D eigenvalue weighted by Gasteiger charge is -2.21. The molecule has 0 aromatic heterocycles. The van der Waals surface area contributed by atoms with Crippen LogP contribution in [0.2, 0.25) is 5.02 Å². The molecule has 6 heteroatoms. The molecule has 1 atom stereocenters. The SMILES string of the molecule is CNC(C)c1ccc(N(C)CCS(C)(=O)=O)cc1Cl. The third-order valence-electron chi connectivity index (χ3n) is 3.12. The Hall–Kier alpha value is -0.780. The number of hydrogen-bond donors (Lipinski definition) is 1. The average molecular weight is 305 g/mol. The van der Waals surface area contributed by atoms with E-state index in [-0.39, 0.29) is 11.8 Å². The minimum atomic E-state index is -2.95. The molecule has 0 amide bonds. The Balaban J connectivity index is 2.83. The number of anilines is 1. The van der Waals surface area contributed by atoms with Crippen molar-refractivity contribution < 1.29 is 8.42 Å². The van der Waals surface area contributed by atoms with Gasteiger partial charge in [-0.2, -0.15) is 0 Å². The molecule has 1 aromatic rings. The number of rotatable bonds is 6. The van der Waals surface area contributed by atoms with Crippen molar-refractivity contribution in [1.82, 2.24) is 5.32 Å². The molecule has 1 N–H and O–H groups in total. The van der Waals surface area contributed by atoms with Crippen molar-refractivity contribution in [2.75, 3.05) is 37.5 Å². The van der Waals surface area contributed by atoms with Gasteiger partial charge in [-0.1, -0.05) is 17.7 Å². The second kappa shape index (κ2) is 6.59. The number of nitrogens with zero attached hydrogens (tertiary/aromatic N) is 1. The van der Waals surface area contributed by atoms with E-state index < -0.39 is 9.84 Å². The van der Waals surface area contributed by atoms with Crippen LogP contribution in [0.4, 0.5) is 5.69 Å². The molecular weight excluding hydrogens is 284 g/mol. The van der Waals surface area contributed by atoms with Crippen molar-refractivity contribution in [3.8, 4) is 0 Å². The molecule has 0 radical (unpaired) electrons. The van der Waals surface area contributed by atoms with Gasteiger partial charge in [-0.25, -0.2) is 8.42 Å². The summed E-state index contributed by atoms with van der Waals surface area (Å²) in [5.41, 5.74) is 1.95. The molecule has 0 saturated heterocycles. The summed E-state index contributed by atoms with van der Waals surface area (Å²) in [6.45, 7) is 2.49. The zero-order chi connectivity index (χ0) is 14.6. The smallest absolute Gasteiger partial charge is 0.149 e. The minimum absolute atomic E-state index is 0.135. The van der Waals surface area contributed by atoms with Gasteiger partial charge in [0.15, 0.2) is 0 Å². The molecule has 19 heavy (non-hydrogen) atoms. The standard InChI is InChI=1S/C13H21ClN2O2S/c1-10(15-2)12-6-5-11(9-13(12)14)16(3)7-8-19(4,17)18/h5-6,9-10,15H,7-8H2,1-4H3. The molecule has 4 nitrogen and oxygen atoms in total. The van der Waals surface area contributed by atoms with E-state index in [9.17, 15) is 8.42 Å². The van der Waals surface area contributed by atoms with E-state index in [1.807, 2.05) is 44.1 Å². The van der Waals surface area contributed by atoms with E-state index in [0.717, 1.165) is 11.3 Å². The first kappa shape index (κ1) is 16.3. The first-order chi connectivity index (χ1) is 8.74. The number of sulfone groups is 1. The number of nitrogens with one attached hydrogen (secondary N) is 1. The highest BCUT2D eigenvalue weighted by atomic mass is 35.5. The summed E-state index contributed by atoms with van der Waals surface area (Å²) in [5.74, 6) is 0.135. The molecule has 0 aliphatic rings. The van der Waals surface area contributed by atoms with Crippen LogP contribution in [0.1, 0.15) is 18.5 Å². The molecule has 0 aliphatic heterocycles. The Morgan fingerprint density at radius 1 is 1.42 bits per heavy atom. The highest BCUT2D eigenvalue weighted by Crippen LogP contribution is 2.27. The van der Waals surface area contributed by atoms with E-state index in [0.29, 0.717) is 11.6 Å². The monoisotopic (exact) mass is 304 g/mol. The maximum Gasteiger partial charge on any atom is 0.149 e. The van der Waals surface area contributed by atoms with Crippen LogP contribution in [-0.4, -0.2) is 41.1 Å². The van der Waals surface area contributed by atoms with E-state index in [1.54, 1.807) is 0 Å². The Kier molecular flexibility index (Phi) is 5.64. The highest BCUT2D eigenvalue weighted by Gasteiger charge is 2.11. The summed E-state index contributed by atoms with van der Waals surface area (Å²) in [6, 6.07) is 5.98. The summed E-state index contributed by atoms with van der Waals surface area (Å²) in [7, 11) is 0.794. The summed E-state index contributed by atoms with van der Waals surface area (Å²) >= 11 is 6.25. The zero-order valence-electron chi connectivity index (χ0n) is 11.8. The maximum absolute atomic E-state index is 11.2. The van der Waals surface area contributed by atoms with Gasteiger partial charge in [0.2, 0.25) is 0 Å². The Bertz CT molecular complexity index is 531. The van der Waals surface area contributed by atoms with Gasteiger partial charge in [0, 0.05) is 36.6 Å². The van der Waals surface area contributed by atoms with E-state index >= 15 is 0 Å². The molecule has 0 bridgehead atoms. The molecular formula is C13H21ClN2O2S. The van der Waals surface area contributed by atoms with E-state index in [2.05, 4.69) is 5.32 Å². The lowest BCUT2D eigenvalue weighted by Crippen LogP contribution is -2.25. The summed E-state index contributed by atoms with van der Waals surface area (Å²) < 4.78 is 22.3. The second-order valence-electron chi connectivity index (χ2n) is 4.77. The van der Waals surface area contributed by atoms with Crippen LogP contribution >= 0.6 is 11.6 Å². The van der Waals surface area contributed by atoms with Gasteiger partial charge < -0.3 is 10.2 Å². The topological polar surface area (TPSA) is 49.4 Å². The predicted octanol–water partition coefficient (Wildman–Crippen LogP) is 2.10. The van der Waals surface area contributed by atoms with Crippen LogP contribution in [0.15, 0.2) is 18.2 Å². The van der Waals surface area contributed by atoms with Gasteiger partial charge in [0.05, 0.1) is 5.75 Å². The minimum Gasteiger partial charge on any atom is -0.374 e. The summed E-state index contributed by atoms with van der Waals surface area (Å²) in [6.07, 6.45) is 1.24.